The van der Waals surface area contributed by atoms with E-state index in [9.17, 15) is 9.90 Å². The number of carbonyl (C=O) groups is 1. The monoisotopic (exact) mass is 543 g/mol. The number of fused-ring (bicyclic) bond motifs is 1. The Bertz CT molecular complexity index is 1410. The second kappa shape index (κ2) is 11.3. The van der Waals surface area contributed by atoms with Gasteiger partial charge in [-0.3, -0.25) is 9.79 Å². The van der Waals surface area contributed by atoms with Gasteiger partial charge >= 0.3 is 5.97 Å². The molecule has 40 heavy (non-hydrogen) atoms. The number of carboxylic acids is 1. The van der Waals surface area contributed by atoms with Gasteiger partial charge in [-0.15, -0.1) is 5.10 Å². The minimum atomic E-state index is -1.03. The number of aliphatic carboxylic acids is 1. The highest BCUT2D eigenvalue weighted by molar-refractivity contribution is 5.84. The normalized spacial score (nSPS) is 19.6. The van der Waals surface area contributed by atoms with Crippen LogP contribution in [0.5, 0.6) is 0 Å². The van der Waals surface area contributed by atoms with Crippen molar-refractivity contribution in [3.8, 4) is 0 Å². The van der Waals surface area contributed by atoms with Gasteiger partial charge in [-0.05, 0) is 74.4 Å². The SMILES string of the molecule is Cc1ccc([C@@H](c2ccc3c(nnn3C)c2C)C(C)(C)C(=O)O)cc1CN1CC(C)N=C1CC1CCCCCC1. The molecule has 0 bridgehead atoms. The van der Waals surface area contributed by atoms with Crippen molar-refractivity contribution in [3.05, 3.63) is 58.1 Å². The van der Waals surface area contributed by atoms with E-state index >= 15 is 0 Å². The zero-order valence-corrected chi connectivity index (χ0v) is 25.1. The Hall–Kier alpha value is -3.22. The molecule has 2 aliphatic rings. The van der Waals surface area contributed by atoms with E-state index in [4.69, 9.17) is 4.99 Å². The molecule has 1 fully saturated rings. The zero-order chi connectivity index (χ0) is 28.6. The number of rotatable bonds is 8. The van der Waals surface area contributed by atoms with E-state index in [1.165, 1.54) is 55.5 Å². The predicted molar refractivity (Wildman–Crippen MR) is 161 cm³/mol. The lowest BCUT2D eigenvalue weighted by atomic mass is 9.69. The van der Waals surface area contributed by atoms with Gasteiger partial charge in [0.1, 0.15) is 5.52 Å². The molecule has 214 valence electrons. The standard InChI is InChI=1S/C33H45N5O2/c1-21-13-14-25(18-26(21)20-38-19-22(2)34-29(38)17-24-11-9-7-8-10-12-24)30(33(4,5)32(39)40)27-15-16-28-31(23(27)3)35-36-37(28)6/h13-16,18,22,24,30H,7-12,17,19-20H2,1-6H3,(H,39,40)/t22?,30-/m0/s1. The first-order chi connectivity index (χ1) is 19.1. The van der Waals surface area contributed by atoms with Crippen LogP contribution in [0.3, 0.4) is 0 Å². The van der Waals surface area contributed by atoms with Crippen molar-refractivity contribution in [1.29, 1.82) is 0 Å². The van der Waals surface area contributed by atoms with Gasteiger partial charge in [0.25, 0.3) is 0 Å². The maximum Gasteiger partial charge on any atom is 0.310 e. The van der Waals surface area contributed by atoms with E-state index in [-0.39, 0.29) is 5.92 Å². The van der Waals surface area contributed by atoms with Gasteiger partial charge in [-0.2, -0.15) is 0 Å². The summed E-state index contributed by atoms with van der Waals surface area (Å²) in [5.74, 6) is 0.841. The molecule has 0 radical (unpaired) electrons. The van der Waals surface area contributed by atoms with Gasteiger partial charge in [-0.25, -0.2) is 4.68 Å². The van der Waals surface area contributed by atoms with Gasteiger partial charge in [0.15, 0.2) is 0 Å². The summed E-state index contributed by atoms with van der Waals surface area (Å²) in [6, 6.07) is 10.9. The van der Waals surface area contributed by atoms with Crippen molar-refractivity contribution in [2.24, 2.45) is 23.4 Å². The number of nitrogens with zero attached hydrogens (tertiary/aromatic N) is 5. The third kappa shape index (κ3) is 5.52. The van der Waals surface area contributed by atoms with Crippen molar-refractivity contribution < 1.29 is 9.90 Å². The van der Waals surface area contributed by atoms with Crippen LogP contribution in [0, 0.1) is 25.2 Å². The second-order valence-corrected chi connectivity index (χ2v) is 12.8. The predicted octanol–water partition coefficient (Wildman–Crippen LogP) is 6.79. The van der Waals surface area contributed by atoms with E-state index in [1.807, 2.05) is 33.9 Å². The number of hydrogen-bond donors (Lipinski definition) is 1. The van der Waals surface area contributed by atoms with Gasteiger partial charge < -0.3 is 10.0 Å². The number of aromatic nitrogens is 3. The molecule has 0 amide bonds. The third-order valence-corrected chi connectivity index (χ3v) is 9.40. The summed E-state index contributed by atoms with van der Waals surface area (Å²) in [7, 11) is 1.88. The van der Waals surface area contributed by atoms with Crippen molar-refractivity contribution in [1.82, 2.24) is 19.9 Å². The number of carboxylic acid groups (broad SMARTS) is 1. The van der Waals surface area contributed by atoms with Crippen LogP contribution in [0.15, 0.2) is 35.3 Å². The van der Waals surface area contributed by atoms with Crippen LogP contribution in [0.4, 0.5) is 0 Å². The molecule has 1 unspecified atom stereocenters. The largest absolute Gasteiger partial charge is 0.481 e. The minimum absolute atomic E-state index is 0.310. The summed E-state index contributed by atoms with van der Waals surface area (Å²) in [6.45, 7) is 11.8. The fourth-order valence-electron chi connectivity index (χ4n) is 6.88. The summed E-state index contributed by atoms with van der Waals surface area (Å²) < 4.78 is 1.76. The molecule has 0 saturated heterocycles. The average molecular weight is 544 g/mol. The first-order valence-corrected chi connectivity index (χ1v) is 15.0. The molecule has 1 aromatic heterocycles. The average Bonchev–Trinajstić information content (AvgIpc) is 3.33. The van der Waals surface area contributed by atoms with Crippen LogP contribution in [-0.4, -0.2) is 49.4 Å². The molecule has 2 aromatic carbocycles. The quantitative estimate of drug-likeness (QED) is 0.316. The fourth-order valence-corrected chi connectivity index (χ4v) is 6.88. The van der Waals surface area contributed by atoms with E-state index in [0.717, 1.165) is 53.2 Å². The van der Waals surface area contributed by atoms with E-state index in [1.54, 1.807) is 4.68 Å². The summed E-state index contributed by atoms with van der Waals surface area (Å²) in [4.78, 5) is 20.2. The Morgan fingerprint density at radius 3 is 2.52 bits per heavy atom. The highest BCUT2D eigenvalue weighted by Gasteiger charge is 2.40. The van der Waals surface area contributed by atoms with Gasteiger partial charge in [0.05, 0.1) is 22.8 Å². The van der Waals surface area contributed by atoms with Crippen LogP contribution in [-0.2, 0) is 18.4 Å². The summed E-state index contributed by atoms with van der Waals surface area (Å²) in [6.07, 6.45) is 9.13. The van der Waals surface area contributed by atoms with Crippen LogP contribution >= 0.6 is 0 Å². The number of hydrogen-bond acceptors (Lipinski definition) is 5. The molecular weight excluding hydrogens is 498 g/mol. The molecule has 2 atom stereocenters. The van der Waals surface area contributed by atoms with E-state index < -0.39 is 11.4 Å². The maximum absolute atomic E-state index is 12.7. The summed E-state index contributed by atoms with van der Waals surface area (Å²) >= 11 is 0. The smallest absolute Gasteiger partial charge is 0.310 e. The Balaban J connectivity index is 1.49. The Labute approximate surface area is 238 Å². The first kappa shape index (κ1) is 28.3. The van der Waals surface area contributed by atoms with Crippen LogP contribution in [0.2, 0.25) is 0 Å². The van der Waals surface area contributed by atoms with Crippen LogP contribution in [0.25, 0.3) is 11.0 Å². The van der Waals surface area contributed by atoms with Crippen LogP contribution < -0.4 is 0 Å². The first-order valence-electron chi connectivity index (χ1n) is 15.0. The molecule has 1 aliphatic heterocycles. The molecule has 7 nitrogen and oxygen atoms in total. The van der Waals surface area contributed by atoms with E-state index in [0.29, 0.717) is 6.04 Å². The molecule has 0 spiro atoms. The van der Waals surface area contributed by atoms with Gasteiger partial charge in [0.2, 0.25) is 0 Å². The molecule has 3 aromatic rings. The van der Waals surface area contributed by atoms with Gasteiger partial charge in [0, 0.05) is 32.5 Å². The molecule has 1 N–H and O–H groups in total. The van der Waals surface area contributed by atoms with Crippen molar-refractivity contribution in [2.75, 3.05) is 6.54 Å². The van der Waals surface area contributed by atoms with Crippen molar-refractivity contribution in [2.45, 2.75) is 98.1 Å². The number of aliphatic imine (C=N–C) groups is 1. The zero-order valence-electron chi connectivity index (χ0n) is 25.1. The second-order valence-electron chi connectivity index (χ2n) is 12.8. The molecule has 1 aliphatic carbocycles. The number of amidine groups is 1. The summed E-state index contributed by atoms with van der Waals surface area (Å²) in [5.41, 5.74) is 6.20. The molecular formula is C33H45N5O2. The lowest BCUT2D eigenvalue weighted by molar-refractivity contribution is -0.147. The molecule has 5 rings (SSSR count). The molecule has 7 heteroatoms. The Morgan fingerprint density at radius 1 is 1.10 bits per heavy atom. The molecule has 2 heterocycles. The van der Waals surface area contributed by atoms with Crippen molar-refractivity contribution in [3.63, 3.8) is 0 Å². The molecule has 1 saturated carbocycles. The van der Waals surface area contributed by atoms with E-state index in [2.05, 4.69) is 53.3 Å². The summed E-state index contributed by atoms with van der Waals surface area (Å²) in [5, 5.41) is 19.0. The van der Waals surface area contributed by atoms with Crippen LogP contribution in [0.1, 0.15) is 99.5 Å². The van der Waals surface area contributed by atoms with Gasteiger partial charge in [-0.1, -0.05) is 68.0 Å². The minimum Gasteiger partial charge on any atom is -0.481 e. The Kier molecular flexibility index (Phi) is 8.03. The maximum atomic E-state index is 12.7. The third-order valence-electron chi connectivity index (χ3n) is 9.40. The fraction of sp³-hybridized carbons (Fsp3) is 0.576. The lowest BCUT2D eigenvalue weighted by Gasteiger charge is -2.33. The van der Waals surface area contributed by atoms with Crippen molar-refractivity contribution >= 4 is 22.8 Å². The topological polar surface area (TPSA) is 83.6 Å². The number of benzene rings is 2. The Morgan fingerprint density at radius 2 is 1.82 bits per heavy atom. The number of aryl methyl sites for hydroxylation is 3. The highest BCUT2D eigenvalue weighted by atomic mass is 16.4. The lowest BCUT2D eigenvalue weighted by Crippen LogP contribution is -2.33. The highest BCUT2D eigenvalue weighted by Crippen LogP contribution is 2.44.